The molecule has 0 N–H and O–H groups in total. The second kappa shape index (κ2) is 8.45. The minimum atomic E-state index is -0.161. The van der Waals surface area contributed by atoms with E-state index in [-0.39, 0.29) is 5.91 Å². The van der Waals surface area contributed by atoms with E-state index in [1.54, 1.807) is 26.4 Å². The second-order valence-corrected chi connectivity index (χ2v) is 7.24. The van der Waals surface area contributed by atoms with Gasteiger partial charge in [-0.2, -0.15) is 0 Å². The molecule has 1 heterocycles. The summed E-state index contributed by atoms with van der Waals surface area (Å²) in [6.07, 6.45) is 1.80. The zero-order chi connectivity index (χ0) is 19.4. The number of thiocarbonyl (C=S) groups is 1. The van der Waals surface area contributed by atoms with Crippen LogP contribution < -0.4 is 19.1 Å². The monoisotopic (exact) mass is 401 g/mol. The van der Waals surface area contributed by atoms with Gasteiger partial charge >= 0.3 is 0 Å². The predicted molar refractivity (Wildman–Crippen MR) is 113 cm³/mol. The Morgan fingerprint density at radius 3 is 2.63 bits per heavy atom. The molecule has 1 fully saturated rings. The number of nitrogens with zero attached hydrogens (tertiary/aromatic N) is 1. The largest absolute Gasteiger partial charge is 0.497 e. The first-order valence-electron chi connectivity index (χ1n) is 8.30. The third-order valence-corrected chi connectivity index (χ3v) is 5.19. The average Bonchev–Trinajstić information content (AvgIpc) is 2.96. The first kappa shape index (κ1) is 19.3. The number of anilines is 1. The molecule has 3 rings (SSSR count). The standard InChI is InChI=1S/C20H19NO4S2/c1-4-25-16-9-8-13(10-17(16)24-3)11-18-19(22)21(20(26)27-18)14-6-5-7-15(12-14)23-2/h5-12H,4H2,1-3H3. The van der Waals surface area contributed by atoms with Crippen LogP contribution in [0.2, 0.25) is 0 Å². The Hall–Kier alpha value is -2.51. The van der Waals surface area contributed by atoms with Crippen LogP contribution in [-0.4, -0.2) is 31.1 Å². The van der Waals surface area contributed by atoms with Crippen molar-refractivity contribution in [1.29, 1.82) is 0 Å². The number of ether oxygens (including phenoxy) is 3. The number of amides is 1. The Morgan fingerprint density at radius 1 is 1.11 bits per heavy atom. The third-order valence-electron chi connectivity index (χ3n) is 3.89. The van der Waals surface area contributed by atoms with Crippen LogP contribution in [0.3, 0.4) is 0 Å². The van der Waals surface area contributed by atoms with Crippen molar-refractivity contribution in [3.8, 4) is 17.2 Å². The molecule has 0 aromatic heterocycles. The number of methoxy groups -OCH3 is 2. The van der Waals surface area contributed by atoms with Gasteiger partial charge in [-0.1, -0.05) is 36.1 Å². The van der Waals surface area contributed by atoms with Gasteiger partial charge in [-0.3, -0.25) is 9.69 Å². The van der Waals surface area contributed by atoms with E-state index in [2.05, 4.69) is 0 Å². The molecule has 0 spiro atoms. The zero-order valence-corrected chi connectivity index (χ0v) is 16.9. The summed E-state index contributed by atoms with van der Waals surface area (Å²) in [5.74, 6) is 1.79. The molecule has 0 bridgehead atoms. The minimum absolute atomic E-state index is 0.161. The van der Waals surface area contributed by atoms with Crippen molar-refractivity contribution in [1.82, 2.24) is 0 Å². The highest BCUT2D eigenvalue weighted by Crippen LogP contribution is 2.38. The molecule has 0 radical (unpaired) electrons. The van der Waals surface area contributed by atoms with Crippen LogP contribution in [0.1, 0.15) is 12.5 Å². The van der Waals surface area contributed by atoms with Gasteiger partial charge in [-0.05, 0) is 42.8 Å². The van der Waals surface area contributed by atoms with Crippen molar-refractivity contribution in [2.24, 2.45) is 0 Å². The van der Waals surface area contributed by atoms with E-state index in [0.717, 1.165) is 5.56 Å². The van der Waals surface area contributed by atoms with Crippen LogP contribution in [0, 0.1) is 0 Å². The zero-order valence-electron chi connectivity index (χ0n) is 15.2. The Balaban J connectivity index is 1.90. The lowest BCUT2D eigenvalue weighted by atomic mass is 10.2. The fourth-order valence-electron chi connectivity index (χ4n) is 2.64. The van der Waals surface area contributed by atoms with E-state index in [1.807, 2.05) is 43.3 Å². The fourth-order valence-corrected chi connectivity index (χ4v) is 3.94. The molecule has 1 aliphatic heterocycles. The van der Waals surface area contributed by atoms with Crippen LogP contribution in [0.5, 0.6) is 17.2 Å². The summed E-state index contributed by atoms with van der Waals surface area (Å²) >= 11 is 6.69. The van der Waals surface area contributed by atoms with Gasteiger partial charge in [0.1, 0.15) is 5.75 Å². The molecular formula is C20H19NO4S2. The van der Waals surface area contributed by atoms with E-state index in [1.165, 1.54) is 16.7 Å². The number of carbonyl (C=O) groups is 1. The van der Waals surface area contributed by atoms with E-state index in [4.69, 9.17) is 26.4 Å². The van der Waals surface area contributed by atoms with Crippen molar-refractivity contribution < 1.29 is 19.0 Å². The van der Waals surface area contributed by atoms with Crippen LogP contribution in [0.4, 0.5) is 5.69 Å². The second-order valence-electron chi connectivity index (χ2n) is 5.56. The SMILES string of the molecule is CCOc1ccc(C=C2SC(=S)N(c3cccc(OC)c3)C2=O)cc1OC. The Kier molecular flexibility index (Phi) is 6.03. The number of rotatable bonds is 6. The van der Waals surface area contributed by atoms with Gasteiger partial charge in [0.15, 0.2) is 15.8 Å². The smallest absolute Gasteiger partial charge is 0.270 e. The maximum atomic E-state index is 12.9. The highest BCUT2D eigenvalue weighted by molar-refractivity contribution is 8.27. The molecule has 0 unspecified atom stereocenters. The Bertz CT molecular complexity index is 911. The fraction of sp³-hybridized carbons (Fsp3) is 0.200. The molecule has 140 valence electrons. The molecule has 0 saturated carbocycles. The summed E-state index contributed by atoms with van der Waals surface area (Å²) in [6.45, 7) is 2.46. The molecule has 7 heteroatoms. The van der Waals surface area contributed by atoms with Gasteiger partial charge in [0.25, 0.3) is 5.91 Å². The Morgan fingerprint density at radius 2 is 1.93 bits per heavy atom. The quantitative estimate of drug-likeness (QED) is 0.524. The molecule has 1 saturated heterocycles. The molecule has 5 nitrogen and oxygen atoms in total. The summed E-state index contributed by atoms with van der Waals surface area (Å²) < 4.78 is 16.6. The number of carbonyl (C=O) groups excluding carboxylic acids is 1. The number of hydrogen-bond donors (Lipinski definition) is 0. The molecule has 2 aromatic rings. The summed E-state index contributed by atoms with van der Waals surface area (Å²) in [7, 11) is 3.17. The molecule has 1 aliphatic rings. The van der Waals surface area contributed by atoms with Gasteiger partial charge in [-0.15, -0.1) is 0 Å². The summed E-state index contributed by atoms with van der Waals surface area (Å²) in [5, 5.41) is 0. The van der Waals surface area contributed by atoms with Crippen molar-refractivity contribution in [3.63, 3.8) is 0 Å². The lowest BCUT2D eigenvalue weighted by Crippen LogP contribution is -2.27. The number of benzene rings is 2. The predicted octanol–water partition coefficient (Wildman–Crippen LogP) is 4.51. The molecule has 27 heavy (non-hydrogen) atoms. The maximum absolute atomic E-state index is 12.9. The lowest BCUT2D eigenvalue weighted by Gasteiger charge is -2.15. The number of hydrogen-bond acceptors (Lipinski definition) is 6. The lowest BCUT2D eigenvalue weighted by molar-refractivity contribution is -0.113. The summed E-state index contributed by atoms with van der Waals surface area (Å²) in [4.78, 5) is 15.0. The van der Waals surface area contributed by atoms with Gasteiger partial charge in [0.2, 0.25) is 0 Å². The first-order valence-corrected chi connectivity index (χ1v) is 9.52. The topological polar surface area (TPSA) is 48.0 Å². The molecule has 2 aromatic carbocycles. The van der Waals surface area contributed by atoms with Crippen LogP contribution in [0.25, 0.3) is 6.08 Å². The van der Waals surface area contributed by atoms with Crippen molar-refractivity contribution >= 4 is 46.0 Å². The first-order chi connectivity index (χ1) is 13.1. The van der Waals surface area contributed by atoms with E-state index < -0.39 is 0 Å². The van der Waals surface area contributed by atoms with E-state index in [0.29, 0.717) is 38.8 Å². The Labute approximate surface area is 167 Å². The summed E-state index contributed by atoms with van der Waals surface area (Å²) in [6, 6.07) is 12.8. The number of thioether (sulfide) groups is 1. The molecule has 0 atom stereocenters. The summed E-state index contributed by atoms with van der Waals surface area (Å²) in [5.41, 5.74) is 1.52. The van der Waals surface area contributed by atoms with Crippen molar-refractivity contribution in [2.75, 3.05) is 25.7 Å². The molecule has 0 aliphatic carbocycles. The minimum Gasteiger partial charge on any atom is -0.497 e. The van der Waals surface area contributed by atoms with Gasteiger partial charge in [0, 0.05) is 6.07 Å². The maximum Gasteiger partial charge on any atom is 0.270 e. The molecular weight excluding hydrogens is 382 g/mol. The van der Waals surface area contributed by atoms with Crippen LogP contribution in [-0.2, 0) is 4.79 Å². The van der Waals surface area contributed by atoms with Crippen molar-refractivity contribution in [2.45, 2.75) is 6.92 Å². The average molecular weight is 402 g/mol. The highest BCUT2D eigenvalue weighted by atomic mass is 32.2. The van der Waals surface area contributed by atoms with E-state index in [9.17, 15) is 4.79 Å². The van der Waals surface area contributed by atoms with Gasteiger partial charge in [-0.25, -0.2) is 0 Å². The van der Waals surface area contributed by atoms with Crippen LogP contribution >= 0.6 is 24.0 Å². The third kappa shape index (κ3) is 4.09. The molecule has 1 amide bonds. The highest BCUT2D eigenvalue weighted by Gasteiger charge is 2.33. The van der Waals surface area contributed by atoms with Crippen LogP contribution in [0.15, 0.2) is 47.4 Å². The van der Waals surface area contributed by atoms with Crippen molar-refractivity contribution in [3.05, 3.63) is 52.9 Å². The van der Waals surface area contributed by atoms with E-state index >= 15 is 0 Å². The normalized spacial score (nSPS) is 15.4. The van der Waals surface area contributed by atoms with Gasteiger partial charge in [0.05, 0.1) is 31.4 Å². The van der Waals surface area contributed by atoms with Gasteiger partial charge < -0.3 is 14.2 Å².